The van der Waals surface area contributed by atoms with Crippen LogP contribution < -0.4 is 0 Å². The fraction of sp³-hybridized carbons (Fsp3) is 0.167. The molecule has 18 heavy (non-hydrogen) atoms. The van der Waals surface area contributed by atoms with E-state index in [9.17, 15) is 0 Å². The highest BCUT2D eigenvalue weighted by atomic mass is 14.2. The standard InChI is InChI=1S/C18H17/c1-14(15-7-3-2-4-8-15)13-17-12-11-16-9-5-6-10-18(16)17/h2-12,14H,13H2,1H3. The maximum Gasteiger partial charge on any atom is 0.0279 e. The van der Waals surface area contributed by atoms with E-state index < -0.39 is 0 Å². The predicted octanol–water partition coefficient (Wildman–Crippen LogP) is 4.83. The molecule has 1 aliphatic rings. The molecule has 0 saturated carbocycles. The predicted molar refractivity (Wildman–Crippen MR) is 77.3 cm³/mol. The van der Waals surface area contributed by atoms with Crippen molar-refractivity contribution in [1.82, 2.24) is 0 Å². The number of benzene rings is 2. The van der Waals surface area contributed by atoms with Crippen molar-refractivity contribution in [2.24, 2.45) is 0 Å². The minimum absolute atomic E-state index is 0.567. The Balaban J connectivity index is 1.77. The first kappa shape index (κ1) is 11.3. The molecule has 89 valence electrons. The molecule has 0 N–H and O–H groups in total. The van der Waals surface area contributed by atoms with Gasteiger partial charge in [0.25, 0.3) is 0 Å². The lowest BCUT2D eigenvalue weighted by Gasteiger charge is -2.16. The van der Waals surface area contributed by atoms with Crippen LogP contribution >= 0.6 is 0 Å². The summed E-state index contributed by atoms with van der Waals surface area (Å²) < 4.78 is 0. The number of fused-ring (bicyclic) bond motifs is 1. The first-order chi connectivity index (χ1) is 8.84. The van der Waals surface area contributed by atoms with Crippen molar-refractivity contribution in [3.8, 4) is 0 Å². The fourth-order valence-corrected chi connectivity index (χ4v) is 2.62. The SMILES string of the molecule is CC(C[C]1C=Cc2ccccc21)c1ccccc1. The minimum atomic E-state index is 0.567. The van der Waals surface area contributed by atoms with Gasteiger partial charge in [-0.15, -0.1) is 0 Å². The van der Waals surface area contributed by atoms with Crippen LogP contribution in [0.3, 0.4) is 0 Å². The van der Waals surface area contributed by atoms with Crippen molar-refractivity contribution in [2.45, 2.75) is 19.3 Å². The van der Waals surface area contributed by atoms with Crippen LogP contribution in [0.4, 0.5) is 0 Å². The highest BCUT2D eigenvalue weighted by molar-refractivity contribution is 5.68. The third-order valence-corrected chi connectivity index (χ3v) is 3.67. The van der Waals surface area contributed by atoms with Crippen LogP contribution in [0, 0.1) is 5.92 Å². The maximum atomic E-state index is 2.30. The van der Waals surface area contributed by atoms with Crippen molar-refractivity contribution < 1.29 is 0 Å². The van der Waals surface area contributed by atoms with E-state index in [-0.39, 0.29) is 0 Å². The van der Waals surface area contributed by atoms with Gasteiger partial charge in [0, 0.05) is 5.92 Å². The van der Waals surface area contributed by atoms with Gasteiger partial charge in [0.15, 0.2) is 0 Å². The van der Waals surface area contributed by atoms with Gasteiger partial charge in [-0.3, -0.25) is 0 Å². The quantitative estimate of drug-likeness (QED) is 0.712. The third-order valence-electron chi connectivity index (χ3n) is 3.67. The molecule has 3 rings (SSSR count). The molecule has 2 aromatic rings. The molecule has 0 aromatic heterocycles. The molecule has 0 aliphatic heterocycles. The lowest BCUT2D eigenvalue weighted by atomic mass is 9.87. The van der Waals surface area contributed by atoms with Gasteiger partial charge in [0.1, 0.15) is 0 Å². The summed E-state index contributed by atoms with van der Waals surface area (Å²) >= 11 is 0. The molecule has 0 amide bonds. The van der Waals surface area contributed by atoms with E-state index in [2.05, 4.69) is 73.7 Å². The Morgan fingerprint density at radius 3 is 2.39 bits per heavy atom. The Labute approximate surface area is 109 Å². The highest BCUT2D eigenvalue weighted by Gasteiger charge is 2.20. The Morgan fingerprint density at radius 2 is 1.56 bits per heavy atom. The van der Waals surface area contributed by atoms with Gasteiger partial charge in [-0.1, -0.05) is 73.7 Å². The zero-order valence-electron chi connectivity index (χ0n) is 10.6. The van der Waals surface area contributed by atoms with E-state index in [0.29, 0.717) is 5.92 Å². The van der Waals surface area contributed by atoms with Gasteiger partial charge in [0.2, 0.25) is 0 Å². The fourth-order valence-electron chi connectivity index (χ4n) is 2.62. The first-order valence-electron chi connectivity index (χ1n) is 6.53. The molecule has 0 saturated heterocycles. The van der Waals surface area contributed by atoms with Crippen LogP contribution in [0.5, 0.6) is 0 Å². The molecule has 0 heteroatoms. The first-order valence-corrected chi connectivity index (χ1v) is 6.53. The number of hydrogen-bond donors (Lipinski definition) is 0. The molecule has 0 nitrogen and oxygen atoms in total. The van der Waals surface area contributed by atoms with Gasteiger partial charge >= 0.3 is 0 Å². The lowest BCUT2D eigenvalue weighted by Crippen LogP contribution is -2.01. The lowest BCUT2D eigenvalue weighted by molar-refractivity contribution is 0.727. The molecule has 0 heterocycles. The average Bonchev–Trinajstić information content (AvgIpc) is 2.83. The van der Waals surface area contributed by atoms with Gasteiger partial charge in [0.05, 0.1) is 0 Å². The van der Waals surface area contributed by atoms with Crippen LogP contribution in [0.2, 0.25) is 0 Å². The monoisotopic (exact) mass is 233 g/mol. The number of rotatable bonds is 3. The Bertz CT molecular complexity index is 551. The molecular weight excluding hydrogens is 216 g/mol. The molecule has 0 spiro atoms. The Morgan fingerprint density at radius 1 is 0.833 bits per heavy atom. The molecule has 1 unspecified atom stereocenters. The molecule has 1 radical (unpaired) electrons. The van der Waals surface area contributed by atoms with Crippen LogP contribution in [0.25, 0.3) is 6.08 Å². The Hall–Kier alpha value is -1.82. The van der Waals surface area contributed by atoms with Crippen LogP contribution in [-0.2, 0) is 0 Å². The summed E-state index contributed by atoms with van der Waals surface area (Å²) in [6.45, 7) is 2.30. The average molecular weight is 233 g/mol. The molecule has 0 bridgehead atoms. The second kappa shape index (κ2) is 4.81. The van der Waals surface area contributed by atoms with E-state index in [4.69, 9.17) is 0 Å². The van der Waals surface area contributed by atoms with Crippen molar-refractivity contribution >= 4 is 6.08 Å². The van der Waals surface area contributed by atoms with Crippen LogP contribution in [0.1, 0.15) is 36.0 Å². The molecule has 1 aliphatic carbocycles. The van der Waals surface area contributed by atoms with E-state index in [1.165, 1.54) is 22.6 Å². The second-order valence-corrected chi connectivity index (χ2v) is 4.96. The molecule has 0 fully saturated rings. The van der Waals surface area contributed by atoms with Gasteiger partial charge in [-0.05, 0) is 29.0 Å². The summed E-state index contributed by atoms with van der Waals surface area (Å²) in [6.07, 6.45) is 5.60. The normalized spacial score (nSPS) is 15.6. The summed E-state index contributed by atoms with van der Waals surface area (Å²) in [4.78, 5) is 0. The number of hydrogen-bond acceptors (Lipinski definition) is 0. The smallest absolute Gasteiger partial charge is 0.0279 e. The zero-order chi connectivity index (χ0) is 12.4. The van der Waals surface area contributed by atoms with Gasteiger partial charge < -0.3 is 0 Å². The molecule has 1 atom stereocenters. The summed E-state index contributed by atoms with van der Waals surface area (Å²) in [5, 5.41) is 0. The van der Waals surface area contributed by atoms with Crippen LogP contribution in [-0.4, -0.2) is 0 Å². The van der Waals surface area contributed by atoms with Gasteiger partial charge in [-0.2, -0.15) is 0 Å². The minimum Gasteiger partial charge on any atom is -0.0721 e. The maximum absolute atomic E-state index is 2.30. The number of allylic oxidation sites excluding steroid dienone is 1. The van der Waals surface area contributed by atoms with E-state index in [1.54, 1.807) is 0 Å². The Kier molecular flexibility index (Phi) is 3.02. The summed E-state index contributed by atoms with van der Waals surface area (Å²) in [6, 6.07) is 19.4. The molecular formula is C18H17. The molecule has 2 aromatic carbocycles. The van der Waals surface area contributed by atoms with E-state index in [1.807, 2.05) is 0 Å². The van der Waals surface area contributed by atoms with Crippen molar-refractivity contribution in [3.05, 3.63) is 83.3 Å². The topological polar surface area (TPSA) is 0 Å². The van der Waals surface area contributed by atoms with Crippen molar-refractivity contribution in [2.75, 3.05) is 0 Å². The summed E-state index contributed by atoms with van der Waals surface area (Å²) in [7, 11) is 0. The van der Waals surface area contributed by atoms with E-state index in [0.717, 1.165) is 6.42 Å². The third kappa shape index (κ3) is 2.11. The van der Waals surface area contributed by atoms with Crippen molar-refractivity contribution in [1.29, 1.82) is 0 Å². The summed E-state index contributed by atoms with van der Waals surface area (Å²) in [5.74, 6) is 2.03. The zero-order valence-corrected chi connectivity index (χ0v) is 10.6. The highest BCUT2D eigenvalue weighted by Crippen LogP contribution is 2.36. The van der Waals surface area contributed by atoms with Crippen LogP contribution in [0.15, 0.2) is 60.7 Å². The second-order valence-electron chi connectivity index (χ2n) is 4.96. The largest absolute Gasteiger partial charge is 0.0721 e. The van der Waals surface area contributed by atoms with Gasteiger partial charge in [-0.25, -0.2) is 0 Å². The van der Waals surface area contributed by atoms with E-state index >= 15 is 0 Å². The summed E-state index contributed by atoms with van der Waals surface area (Å²) in [5.41, 5.74) is 4.18. The van der Waals surface area contributed by atoms with Crippen molar-refractivity contribution in [3.63, 3.8) is 0 Å².